The van der Waals surface area contributed by atoms with Crippen molar-refractivity contribution >= 4 is 64.2 Å². The van der Waals surface area contributed by atoms with E-state index in [4.69, 9.17) is 39.5 Å². The number of hydrogen-bond acceptors (Lipinski definition) is 3. The molecule has 25 heavy (non-hydrogen) atoms. The molecule has 0 unspecified atom stereocenters. The molecule has 0 aromatic heterocycles. The first kappa shape index (κ1) is 18.5. The third-order valence-corrected chi connectivity index (χ3v) is 5.46. The summed E-state index contributed by atoms with van der Waals surface area (Å²) in [6, 6.07) is 8.58. The van der Waals surface area contributed by atoms with Crippen molar-refractivity contribution in [1.82, 2.24) is 0 Å². The van der Waals surface area contributed by atoms with Crippen molar-refractivity contribution in [3.8, 4) is 5.75 Å². The van der Waals surface area contributed by atoms with E-state index in [-0.39, 0.29) is 12.1 Å². The van der Waals surface area contributed by atoms with Crippen LogP contribution in [-0.4, -0.2) is 19.2 Å². The molecule has 0 bridgehead atoms. The van der Waals surface area contributed by atoms with E-state index in [0.717, 1.165) is 4.90 Å². The van der Waals surface area contributed by atoms with Crippen molar-refractivity contribution < 1.29 is 9.53 Å². The second-order valence-electron chi connectivity index (χ2n) is 5.72. The summed E-state index contributed by atoms with van der Waals surface area (Å²) in [5.41, 5.74) is 1.30. The van der Waals surface area contributed by atoms with Crippen molar-refractivity contribution in [3.05, 3.63) is 45.4 Å². The molecule has 0 saturated carbocycles. The average molecular weight is 418 g/mol. The molecular formula is C17H15Cl3N2O2S. The summed E-state index contributed by atoms with van der Waals surface area (Å²) in [4.78, 5) is 15.1. The molecule has 0 saturated heterocycles. The van der Waals surface area contributed by atoms with Gasteiger partial charge >= 0.3 is 6.03 Å². The van der Waals surface area contributed by atoms with E-state index in [2.05, 4.69) is 0 Å². The molecule has 2 amide bonds. The van der Waals surface area contributed by atoms with E-state index in [1.54, 1.807) is 41.7 Å². The zero-order chi connectivity index (χ0) is 18.3. The number of anilines is 2. The normalized spacial score (nSPS) is 14.1. The summed E-state index contributed by atoms with van der Waals surface area (Å²) in [5.74, 6) is 0.386. The van der Waals surface area contributed by atoms with Gasteiger partial charge in [-0.3, -0.25) is 4.90 Å². The Hall–Kier alpha value is -1.27. The lowest BCUT2D eigenvalue weighted by Crippen LogP contribution is -2.41. The zero-order valence-corrected chi connectivity index (χ0v) is 16.8. The molecule has 8 heteroatoms. The number of benzene rings is 2. The maximum atomic E-state index is 12.8. The van der Waals surface area contributed by atoms with Crippen molar-refractivity contribution in [2.24, 2.45) is 0 Å². The Morgan fingerprint density at radius 2 is 1.76 bits per heavy atom. The highest BCUT2D eigenvalue weighted by molar-refractivity contribution is 8.01. The number of carbonyl (C=O) groups is 1. The molecule has 0 fully saturated rings. The van der Waals surface area contributed by atoms with Crippen molar-refractivity contribution in [3.63, 3.8) is 0 Å². The van der Waals surface area contributed by atoms with Crippen molar-refractivity contribution in [2.45, 2.75) is 24.8 Å². The van der Waals surface area contributed by atoms with Crippen LogP contribution in [-0.2, 0) is 0 Å². The number of ether oxygens (including phenoxy) is 1. The monoisotopic (exact) mass is 416 g/mol. The summed E-state index contributed by atoms with van der Waals surface area (Å²) in [6.45, 7) is 3.77. The molecule has 2 aromatic carbocycles. The van der Waals surface area contributed by atoms with Gasteiger partial charge < -0.3 is 4.74 Å². The van der Waals surface area contributed by atoms with Crippen LogP contribution in [0.2, 0.25) is 15.1 Å². The Kier molecular flexibility index (Phi) is 5.30. The number of carbonyl (C=O) groups excluding carboxylic acids is 1. The van der Waals surface area contributed by atoms with Gasteiger partial charge in [-0.1, -0.05) is 34.8 Å². The van der Waals surface area contributed by atoms with E-state index < -0.39 is 0 Å². The highest BCUT2D eigenvalue weighted by Gasteiger charge is 2.34. The first-order chi connectivity index (χ1) is 11.8. The molecule has 3 rings (SSSR count). The maximum Gasteiger partial charge on any atom is 0.339 e. The van der Waals surface area contributed by atoms with E-state index in [0.29, 0.717) is 32.2 Å². The van der Waals surface area contributed by atoms with Gasteiger partial charge in [0, 0.05) is 12.1 Å². The number of urea groups is 1. The van der Waals surface area contributed by atoms with E-state index in [1.807, 2.05) is 13.8 Å². The quantitative estimate of drug-likeness (QED) is 0.533. The largest absolute Gasteiger partial charge is 0.488 e. The minimum Gasteiger partial charge on any atom is -0.488 e. The molecule has 0 atom stereocenters. The zero-order valence-electron chi connectivity index (χ0n) is 13.7. The van der Waals surface area contributed by atoms with Crippen LogP contribution >= 0.6 is 46.8 Å². The minimum absolute atomic E-state index is 0.0872. The summed E-state index contributed by atoms with van der Waals surface area (Å²) in [5, 5.41) is 1.34. The third kappa shape index (κ3) is 3.51. The fourth-order valence-corrected chi connectivity index (χ4v) is 4.44. The topological polar surface area (TPSA) is 32.8 Å². The number of nitrogens with zero attached hydrogens (tertiary/aromatic N) is 2. The standard InChI is InChI=1S/C17H15Cl3N2O2S/c1-9(2)24-16-12(19)8-13-15(14(16)20)21(3)17(23)22(25-13)11-6-4-10(18)5-7-11/h4-9H,1-3H3. The molecule has 132 valence electrons. The number of halogens is 3. The summed E-state index contributed by atoms with van der Waals surface area (Å²) >= 11 is 20.0. The van der Waals surface area contributed by atoms with Crippen LogP contribution in [0.25, 0.3) is 0 Å². The lowest BCUT2D eigenvalue weighted by atomic mass is 10.2. The summed E-state index contributed by atoms with van der Waals surface area (Å²) in [6.07, 6.45) is -0.0872. The second kappa shape index (κ2) is 7.16. The molecule has 0 aliphatic carbocycles. The lowest BCUT2D eigenvalue weighted by molar-refractivity contribution is 0.242. The van der Waals surface area contributed by atoms with E-state index >= 15 is 0 Å². The van der Waals surface area contributed by atoms with Gasteiger partial charge in [0.2, 0.25) is 0 Å². The van der Waals surface area contributed by atoms with Gasteiger partial charge in [-0.2, -0.15) is 0 Å². The van der Waals surface area contributed by atoms with Crippen LogP contribution in [0.1, 0.15) is 13.8 Å². The van der Waals surface area contributed by atoms with Gasteiger partial charge in [-0.25, -0.2) is 9.10 Å². The van der Waals surface area contributed by atoms with Crippen LogP contribution in [0.3, 0.4) is 0 Å². The maximum absolute atomic E-state index is 12.8. The number of amides is 2. The van der Waals surface area contributed by atoms with Crippen LogP contribution < -0.4 is 13.9 Å². The predicted molar refractivity (Wildman–Crippen MR) is 106 cm³/mol. The van der Waals surface area contributed by atoms with Crippen molar-refractivity contribution in [1.29, 1.82) is 0 Å². The Morgan fingerprint density at radius 1 is 1.12 bits per heavy atom. The lowest BCUT2D eigenvalue weighted by Gasteiger charge is -2.35. The average Bonchev–Trinajstić information content (AvgIpc) is 2.55. The molecule has 1 aliphatic rings. The number of rotatable bonds is 3. The Balaban J connectivity index is 2.06. The molecular weight excluding hydrogens is 403 g/mol. The van der Waals surface area contributed by atoms with Gasteiger partial charge in [0.1, 0.15) is 5.02 Å². The van der Waals surface area contributed by atoms with E-state index in [9.17, 15) is 4.79 Å². The molecule has 4 nitrogen and oxygen atoms in total. The molecule has 0 spiro atoms. The minimum atomic E-state index is -0.223. The third-order valence-electron chi connectivity index (χ3n) is 3.52. The van der Waals surface area contributed by atoms with Crippen LogP contribution in [0.15, 0.2) is 35.2 Å². The fraction of sp³-hybridized carbons (Fsp3) is 0.235. The number of fused-ring (bicyclic) bond motifs is 1. The Labute approximate surface area is 165 Å². The fourth-order valence-electron chi connectivity index (χ4n) is 2.40. The smallest absolute Gasteiger partial charge is 0.339 e. The van der Waals surface area contributed by atoms with Crippen molar-refractivity contribution in [2.75, 3.05) is 16.3 Å². The Morgan fingerprint density at radius 3 is 2.36 bits per heavy atom. The summed E-state index contributed by atoms with van der Waals surface area (Å²) < 4.78 is 7.27. The first-order valence-electron chi connectivity index (χ1n) is 7.49. The van der Waals surface area contributed by atoms with Gasteiger partial charge in [-0.15, -0.1) is 0 Å². The van der Waals surface area contributed by atoms with Crippen LogP contribution in [0.4, 0.5) is 16.2 Å². The molecule has 0 N–H and O–H groups in total. The predicted octanol–water partition coefficient (Wildman–Crippen LogP) is 6.52. The SMILES string of the molecule is CC(C)Oc1c(Cl)cc2c(c1Cl)N(C)C(=O)N(c1ccc(Cl)cc1)S2. The van der Waals surface area contributed by atoms with E-state index in [1.165, 1.54) is 16.8 Å². The van der Waals surface area contributed by atoms with Gasteiger partial charge in [0.25, 0.3) is 0 Å². The highest BCUT2D eigenvalue weighted by atomic mass is 35.5. The second-order valence-corrected chi connectivity index (χ2v) is 7.93. The number of hydrogen-bond donors (Lipinski definition) is 0. The first-order valence-corrected chi connectivity index (χ1v) is 9.40. The van der Waals surface area contributed by atoms with Gasteiger partial charge in [-0.05, 0) is 56.1 Å². The van der Waals surface area contributed by atoms with Crippen LogP contribution in [0, 0.1) is 0 Å². The summed E-state index contributed by atoms with van der Waals surface area (Å²) in [7, 11) is 1.67. The van der Waals surface area contributed by atoms with Crippen LogP contribution in [0.5, 0.6) is 5.75 Å². The molecule has 0 radical (unpaired) electrons. The molecule has 1 aliphatic heterocycles. The van der Waals surface area contributed by atoms with Gasteiger partial charge in [0.15, 0.2) is 5.75 Å². The molecule has 1 heterocycles. The van der Waals surface area contributed by atoms with Gasteiger partial charge in [0.05, 0.1) is 27.4 Å². The highest BCUT2D eigenvalue weighted by Crippen LogP contribution is 2.50. The molecule has 2 aromatic rings. The Bertz CT molecular complexity index is 828.